The van der Waals surface area contributed by atoms with Gasteiger partial charge >= 0.3 is 53.7 Å². The molecule has 1 N–H and O–H groups in total. The van der Waals surface area contributed by atoms with E-state index in [1.807, 2.05) is 0 Å². The highest BCUT2D eigenvalue weighted by Crippen LogP contribution is 2.28. The van der Waals surface area contributed by atoms with Crippen LogP contribution in [0.5, 0.6) is 0 Å². The van der Waals surface area contributed by atoms with Gasteiger partial charge in [-0.05, 0) is 0 Å². The third-order valence-electron chi connectivity index (χ3n) is 7.53. The normalized spacial score (nSPS) is 10.9. The molecule has 60 heavy (non-hydrogen) atoms. The number of aliphatic carboxylic acids is 1. The van der Waals surface area contributed by atoms with Crippen LogP contribution in [0, 0.1) is 16.2 Å². The summed E-state index contributed by atoms with van der Waals surface area (Å²) >= 11 is 0. The number of rotatable bonds is 34. The fraction of sp³-hybridized carbons (Fsp3) is 0.425. The Morgan fingerprint density at radius 1 is 0.333 bits per heavy atom. The summed E-state index contributed by atoms with van der Waals surface area (Å²) in [6.45, 7) is 16.0. The maximum atomic E-state index is 12.5. The molecule has 0 saturated carbocycles. The van der Waals surface area contributed by atoms with E-state index >= 15 is 0 Å². The number of carboxylic acids is 1. The third-order valence-corrected chi connectivity index (χ3v) is 7.53. The summed E-state index contributed by atoms with van der Waals surface area (Å²) in [6.07, 6.45) is 4.69. The minimum Gasteiger partial charge on any atom is -0.481 e. The number of carbonyl (C=O) groups is 9. The first-order valence-electron chi connectivity index (χ1n) is 17.5. The molecular weight excluding hydrogens is 800 g/mol. The Balaban J connectivity index is 7.14. The molecule has 0 spiro atoms. The minimum atomic E-state index is -1.72. The Morgan fingerprint density at radius 2 is 0.533 bits per heavy atom. The zero-order chi connectivity index (χ0) is 45.6. The Bertz CT molecular complexity index is 1500. The number of hydrogen-bond acceptors (Lipinski definition) is 19. The van der Waals surface area contributed by atoms with Crippen molar-refractivity contribution in [2.45, 2.75) is 12.8 Å². The van der Waals surface area contributed by atoms with Crippen molar-refractivity contribution in [3.63, 3.8) is 0 Å². The summed E-state index contributed by atoms with van der Waals surface area (Å²) in [4.78, 5) is 109. The van der Waals surface area contributed by atoms with Gasteiger partial charge in [-0.3, -0.25) is 9.59 Å². The van der Waals surface area contributed by atoms with Gasteiger partial charge < -0.3 is 52.5 Å². The van der Waals surface area contributed by atoms with Crippen LogP contribution in [0.2, 0.25) is 0 Å². The van der Waals surface area contributed by atoms with Gasteiger partial charge in [0.2, 0.25) is 0 Å². The van der Waals surface area contributed by atoms with Crippen LogP contribution in [0.15, 0.2) is 88.6 Å². The molecule has 0 fully saturated rings. The van der Waals surface area contributed by atoms with Crippen molar-refractivity contribution in [2.75, 3.05) is 79.3 Å². The molecule has 0 aliphatic rings. The fourth-order valence-electron chi connectivity index (χ4n) is 4.21. The average Bonchev–Trinajstić information content (AvgIpc) is 3.26. The number of esters is 8. The SMILES string of the molecule is C=CC(=O)OCC(COCC(COC(=O)C=C)(COC(=O)C=C)COC(=O)C=C)(COCC(COC(=O)C=C)(COC(=O)C=C)COC(=O)CCC(=O)O)COC(=O)C=C. The molecule has 0 aliphatic carbocycles. The molecule has 0 rings (SSSR count). The van der Waals surface area contributed by atoms with Crippen molar-refractivity contribution in [1.82, 2.24) is 0 Å². The number of ether oxygens (including phenoxy) is 10. The van der Waals surface area contributed by atoms with Crippen molar-refractivity contribution in [3.05, 3.63) is 88.6 Å². The molecule has 0 saturated heterocycles. The lowest BCUT2D eigenvalue weighted by Gasteiger charge is -2.37. The Hall–Kier alpha value is -6.67. The van der Waals surface area contributed by atoms with Crippen molar-refractivity contribution in [3.8, 4) is 0 Å². The lowest BCUT2D eigenvalue weighted by molar-refractivity contribution is -0.174. The van der Waals surface area contributed by atoms with Gasteiger partial charge in [-0.25, -0.2) is 33.6 Å². The molecule has 0 aromatic carbocycles. The van der Waals surface area contributed by atoms with Crippen LogP contribution >= 0.6 is 0 Å². The molecular formula is C40H50O20. The quantitative estimate of drug-likeness (QED) is 0.0546. The second kappa shape index (κ2) is 28.7. The minimum absolute atomic E-state index is 0.552. The van der Waals surface area contributed by atoms with Gasteiger partial charge in [0.25, 0.3) is 0 Å². The zero-order valence-electron chi connectivity index (χ0n) is 33.1. The molecule has 20 heteroatoms. The van der Waals surface area contributed by atoms with Crippen LogP contribution in [-0.2, 0) is 90.5 Å². The number of carbonyl (C=O) groups excluding carboxylic acids is 8. The summed E-state index contributed by atoms with van der Waals surface area (Å²) < 4.78 is 54.1. The molecule has 0 unspecified atom stereocenters. The van der Waals surface area contributed by atoms with Crippen molar-refractivity contribution in [1.29, 1.82) is 0 Å². The molecule has 0 atom stereocenters. The smallest absolute Gasteiger partial charge is 0.330 e. The summed E-state index contributed by atoms with van der Waals surface area (Å²) in [5, 5.41) is 8.98. The van der Waals surface area contributed by atoms with Crippen LogP contribution in [0.4, 0.5) is 0 Å². The van der Waals surface area contributed by atoms with E-state index in [1.54, 1.807) is 0 Å². The Kier molecular flexibility index (Phi) is 25.5. The largest absolute Gasteiger partial charge is 0.481 e. The van der Waals surface area contributed by atoms with E-state index in [0.717, 1.165) is 42.5 Å². The van der Waals surface area contributed by atoms with E-state index in [9.17, 15) is 43.2 Å². The second-order valence-electron chi connectivity index (χ2n) is 12.7. The molecule has 0 aromatic heterocycles. The maximum Gasteiger partial charge on any atom is 0.330 e. The van der Waals surface area contributed by atoms with E-state index in [1.165, 1.54) is 0 Å². The molecule has 0 heterocycles. The predicted molar refractivity (Wildman–Crippen MR) is 205 cm³/mol. The molecule has 0 aliphatic heterocycles. The molecule has 0 bridgehead atoms. The monoisotopic (exact) mass is 850 g/mol. The summed E-state index contributed by atoms with van der Waals surface area (Å²) in [6, 6.07) is 0. The van der Waals surface area contributed by atoms with Crippen molar-refractivity contribution < 1.29 is 95.6 Å². The maximum absolute atomic E-state index is 12.5. The van der Waals surface area contributed by atoms with E-state index in [2.05, 4.69) is 46.1 Å². The molecule has 330 valence electrons. The topological polar surface area (TPSA) is 266 Å². The lowest BCUT2D eigenvalue weighted by Crippen LogP contribution is -2.48. The zero-order valence-corrected chi connectivity index (χ0v) is 33.1. The van der Waals surface area contributed by atoms with Crippen LogP contribution in [0.1, 0.15) is 12.8 Å². The Morgan fingerprint density at radius 3 is 0.733 bits per heavy atom. The van der Waals surface area contributed by atoms with Crippen LogP contribution < -0.4 is 0 Å². The molecule has 0 radical (unpaired) electrons. The van der Waals surface area contributed by atoms with Gasteiger partial charge in [0.15, 0.2) is 0 Å². The summed E-state index contributed by atoms with van der Waals surface area (Å²) in [5.74, 6) is -8.77. The fourth-order valence-corrected chi connectivity index (χ4v) is 4.21. The summed E-state index contributed by atoms with van der Waals surface area (Å²) in [5.41, 5.74) is -5.05. The van der Waals surface area contributed by atoms with E-state index in [4.69, 9.17) is 52.5 Å². The van der Waals surface area contributed by atoms with Crippen LogP contribution in [-0.4, -0.2) is 138 Å². The predicted octanol–water partition coefficient (Wildman–Crippen LogP) is 1.49. The highest BCUT2D eigenvalue weighted by molar-refractivity contribution is 5.83. The lowest BCUT2D eigenvalue weighted by atomic mass is 9.89. The highest BCUT2D eigenvalue weighted by atomic mass is 16.6. The van der Waals surface area contributed by atoms with Gasteiger partial charge in [-0.1, -0.05) is 46.1 Å². The number of hydrogen-bond donors (Lipinski definition) is 1. The van der Waals surface area contributed by atoms with Gasteiger partial charge in [0, 0.05) is 42.5 Å². The molecule has 0 aromatic rings. The number of carboxylic acid groups (broad SMARTS) is 1. The first kappa shape index (κ1) is 53.3. The van der Waals surface area contributed by atoms with E-state index in [0.29, 0.717) is 0 Å². The first-order valence-corrected chi connectivity index (χ1v) is 17.5. The molecule has 0 amide bonds. The summed E-state index contributed by atoms with van der Waals surface area (Å²) in [7, 11) is 0. The Labute approximate surface area is 346 Å². The average molecular weight is 851 g/mol. The molecule has 20 nitrogen and oxygen atoms in total. The van der Waals surface area contributed by atoms with Crippen LogP contribution in [0.25, 0.3) is 0 Å². The van der Waals surface area contributed by atoms with Gasteiger partial charge in [-0.2, -0.15) is 0 Å². The standard InChI is InChI=1S/C40H50O20/c1-8-30(43)53-21-38(22-54-31(44)9-2,17-51-19-39(23-55-32(45)10-3,24-56-33(46)11-4)25-57-34(47)12-5)18-52-20-40(26-58-35(48)13-6,27-59-36(49)14-7)28-60-37(50)16-15-29(41)42/h8-14H,1-7,15-28H2,(H,41,42). The van der Waals surface area contributed by atoms with E-state index < -0.39 is 162 Å². The second-order valence-corrected chi connectivity index (χ2v) is 12.7. The van der Waals surface area contributed by atoms with Crippen molar-refractivity contribution in [2.24, 2.45) is 16.2 Å². The van der Waals surface area contributed by atoms with Gasteiger partial charge in [0.1, 0.15) is 52.9 Å². The van der Waals surface area contributed by atoms with Gasteiger partial charge in [0.05, 0.1) is 55.5 Å². The van der Waals surface area contributed by atoms with Crippen LogP contribution in [0.3, 0.4) is 0 Å². The third kappa shape index (κ3) is 22.3. The first-order chi connectivity index (χ1) is 28.4. The van der Waals surface area contributed by atoms with Gasteiger partial charge in [-0.15, -0.1) is 0 Å². The van der Waals surface area contributed by atoms with Crippen molar-refractivity contribution >= 4 is 53.7 Å². The highest BCUT2D eigenvalue weighted by Gasteiger charge is 2.42. The van der Waals surface area contributed by atoms with E-state index in [-0.39, 0.29) is 0 Å².